The number of nitrogens with zero attached hydrogens (tertiary/aromatic N) is 2. The van der Waals surface area contributed by atoms with Gasteiger partial charge in [0.1, 0.15) is 25.5 Å². The van der Waals surface area contributed by atoms with E-state index in [9.17, 15) is 14.4 Å². The molecule has 1 saturated heterocycles. The summed E-state index contributed by atoms with van der Waals surface area (Å²) in [5.41, 5.74) is 1.72. The van der Waals surface area contributed by atoms with Crippen molar-refractivity contribution in [3.8, 4) is 5.75 Å². The number of benzene rings is 2. The van der Waals surface area contributed by atoms with Gasteiger partial charge in [0.15, 0.2) is 0 Å². The Kier molecular flexibility index (Phi) is 6.94. The van der Waals surface area contributed by atoms with Crippen LogP contribution in [-0.4, -0.2) is 52.7 Å². The first-order chi connectivity index (χ1) is 14.1. The predicted molar refractivity (Wildman–Crippen MR) is 103 cm³/mol. The molecule has 0 aromatic heterocycles. The number of barbiturate groups is 1. The lowest BCUT2D eigenvalue weighted by atomic mass is 10.1. The van der Waals surface area contributed by atoms with Crippen LogP contribution in [-0.2, 0) is 27.5 Å². The van der Waals surface area contributed by atoms with Crippen molar-refractivity contribution >= 4 is 17.8 Å². The molecule has 1 aliphatic rings. The van der Waals surface area contributed by atoms with E-state index in [2.05, 4.69) is 0 Å². The second kappa shape index (κ2) is 9.81. The van der Waals surface area contributed by atoms with Crippen molar-refractivity contribution in [2.75, 3.05) is 19.9 Å². The van der Waals surface area contributed by atoms with Crippen molar-refractivity contribution in [2.24, 2.45) is 0 Å². The lowest BCUT2D eigenvalue weighted by Crippen LogP contribution is -2.55. The summed E-state index contributed by atoms with van der Waals surface area (Å²) in [6.45, 7) is -0.122. The van der Waals surface area contributed by atoms with E-state index in [1.54, 1.807) is 24.3 Å². The van der Waals surface area contributed by atoms with Crippen molar-refractivity contribution in [1.29, 1.82) is 0 Å². The minimum Gasteiger partial charge on any atom is -0.489 e. The van der Waals surface area contributed by atoms with Crippen LogP contribution < -0.4 is 4.74 Å². The van der Waals surface area contributed by atoms with Gasteiger partial charge in [-0.15, -0.1) is 0 Å². The molecule has 0 spiro atoms. The molecule has 0 atom stereocenters. The Morgan fingerprint density at radius 2 is 1.62 bits per heavy atom. The molecule has 2 aromatic carbocycles. The molecule has 152 valence electrons. The molecule has 1 heterocycles. The van der Waals surface area contributed by atoms with E-state index in [0.29, 0.717) is 17.9 Å². The molecular weight excluding hydrogens is 376 g/mol. The van der Waals surface area contributed by atoms with E-state index in [1.165, 1.54) is 0 Å². The molecule has 8 heteroatoms. The Hall–Kier alpha value is -3.23. The summed E-state index contributed by atoms with van der Waals surface area (Å²) in [5, 5.41) is 8.77. The number of urea groups is 1. The second-order valence-corrected chi connectivity index (χ2v) is 6.44. The molecule has 0 aliphatic carbocycles. The highest BCUT2D eigenvalue weighted by molar-refractivity contribution is 6.13. The molecule has 1 aliphatic heterocycles. The molecule has 29 heavy (non-hydrogen) atoms. The number of imide groups is 2. The van der Waals surface area contributed by atoms with Gasteiger partial charge >= 0.3 is 6.03 Å². The quantitative estimate of drug-likeness (QED) is 0.512. The molecule has 4 amide bonds. The van der Waals surface area contributed by atoms with Crippen molar-refractivity contribution in [1.82, 2.24) is 9.80 Å². The van der Waals surface area contributed by atoms with Gasteiger partial charge in [-0.2, -0.15) is 0 Å². The third-order valence-corrected chi connectivity index (χ3v) is 4.31. The zero-order valence-electron chi connectivity index (χ0n) is 15.8. The van der Waals surface area contributed by atoms with E-state index in [0.717, 1.165) is 15.4 Å². The third-order valence-electron chi connectivity index (χ3n) is 4.31. The fraction of sp³-hybridized carbons (Fsp3) is 0.286. The maximum absolute atomic E-state index is 12.6. The van der Waals surface area contributed by atoms with Gasteiger partial charge in [0.25, 0.3) is 0 Å². The summed E-state index contributed by atoms with van der Waals surface area (Å²) in [4.78, 5) is 38.7. The largest absolute Gasteiger partial charge is 0.489 e. The number of aliphatic hydroxyl groups is 1. The predicted octanol–water partition coefficient (Wildman–Crippen LogP) is 1.91. The van der Waals surface area contributed by atoms with E-state index in [4.69, 9.17) is 14.6 Å². The van der Waals surface area contributed by atoms with Crippen LogP contribution in [0.2, 0.25) is 0 Å². The number of rotatable bonds is 9. The van der Waals surface area contributed by atoms with Crippen molar-refractivity contribution in [2.45, 2.75) is 19.6 Å². The average molecular weight is 398 g/mol. The topological polar surface area (TPSA) is 96.4 Å². The monoisotopic (exact) mass is 398 g/mol. The fourth-order valence-electron chi connectivity index (χ4n) is 2.84. The highest BCUT2D eigenvalue weighted by Gasteiger charge is 2.37. The van der Waals surface area contributed by atoms with Crippen LogP contribution in [0, 0.1) is 0 Å². The van der Waals surface area contributed by atoms with Gasteiger partial charge in [-0.3, -0.25) is 14.5 Å². The van der Waals surface area contributed by atoms with Crippen LogP contribution in [0.4, 0.5) is 4.79 Å². The smallest absolute Gasteiger partial charge is 0.335 e. The van der Waals surface area contributed by atoms with Crippen molar-refractivity contribution in [3.05, 3.63) is 65.7 Å². The second-order valence-electron chi connectivity index (χ2n) is 6.44. The van der Waals surface area contributed by atoms with Gasteiger partial charge in [-0.1, -0.05) is 42.5 Å². The number of hydrogen-bond acceptors (Lipinski definition) is 6. The summed E-state index contributed by atoms with van der Waals surface area (Å²) in [7, 11) is 0. The van der Waals surface area contributed by atoms with Gasteiger partial charge < -0.3 is 14.6 Å². The van der Waals surface area contributed by atoms with E-state index >= 15 is 0 Å². The van der Waals surface area contributed by atoms with Gasteiger partial charge in [-0.25, -0.2) is 9.69 Å². The van der Waals surface area contributed by atoms with Gasteiger partial charge in [0.2, 0.25) is 11.8 Å². The molecular formula is C21H22N2O6. The van der Waals surface area contributed by atoms with Crippen LogP contribution in [0.15, 0.2) is 54.6 Å². The molecule has 1 N–H and O–H groups in total. The minimum atomic E-state index is -0.736. The standard InChI is InChI=1S/C21H22N2O6/c24-9-10-28-15-23-20(26)12-19(25)22(21(23)27)13-17-7-4-8-18(11-17)29-14-16-5-2-1-3-6-16/h1-8,11,24H,9-10,12-15H2. The van der Waals surface area contributed by atoms with Crippen LogP contribution in [0.1, 0.15) is 17.5 Å². The maximum Gasteiger partial charge on any atom is 0.335 e. The number of carbonyl (C=O) groups is 3. The first kappa shape index (κ1) is 20.5. The van der Waals surface area contributed by atoms with Crippen LogP contribution in [0.3, 0.4) is 0 Å². The third kappa shape index (κ3) is 5.40. The summed E-state index contributed by atoms with van der Waals surface area (Å²) in [6.07, 6.45) is -0.404. The number of amides is 4. The van der Waals surface area contributed by atoms with Gasteiger partial charge in [0.05, 0.1) is 19.8 Å². The molecule has 0 unspecified atom stereocenters. The zero-order chi connectivity index (χ0) is 20.6. The molecule has 0 saturated carbocycles. The van der Waals surface area contributed by atoms with E-state index < -0.39 is 24.3 Å². The zero-order valence-corrected chi connectivity index (χ0v) is 15.8. The Labute approximate surface area is 168 Å². The maximum atomic E-state index is 12.6. The first-order valence-electron chi connectivity index (χ1n) is 9.17. The van der Waals surface area contributed by atoms with E-state index in [-0.39, 0.29) is 26.5 Å². The van der Waals surface area contributed by atoms with Gasteiger partial charge in [-0.05, 0) is 23.3 Å². The Morgan fingerprint density at radius 1 is 0.897 bits per heavy atom. The van der Waals surface area contributed by atoms with Gasteiger partial charge in [0, 0.05) is 0 Å². The number of aliphatic hydroxyl groups excluding tert-OH is 1. The molecule has 0 radical (unpaired) electrons. The Balaban J connectivity index is 1.65. The Bertz CT molecular complexity index is 870. The highest BCUT2D eigenvalue weighted by atomic mass is 16.5. The van der Waals surface area contributed by atoms with Crippen molar-refractivity contribution in [3.63, 3.8) is 0 Å². The molecule has 0 bridgehead atoms. The highest BCUT2D eigenvalue weighted by Crippen LogP contribution is 2.20. The number of carbonyl (C=O) groups excluding carboxylic acids is 3. The lowest BCUT2D eigenvalue weighted by molar-refractivity contribution is -0.146. The summed E-state index contributed by atoms with van der Waals surface area (Å²) in [5.74, 6) is -0.564. The minimum absolute atomic E-state index is 0.00813. The number of hydrogen-bond donors (Lipinski definition) is 1. The summed E-state index contributed by atoms with van der Waals surface area (Å²) >= 11 is 0. The van der Waals surface area contributed by atoms with E-state index in [1.807, 2.05) is 30.3 Å². The average Bonchev–Trinajstić information content (AvgIpc) is 2.73. The number of ether oxygens (including phenoxy) is 2. The summed E-state index contributed by atoms with van der Waals surface area (Å²) < 4.78 is 10.8. The van der Waals surface area contributed by atoms with Crippen molar-refractivity contribution < 1.29 is 29.0 Å². The normalized spacial score (nSPS) is 14.4. The van der Waals surface area contributed by atoms with Crippen LogP contribution in [0.25, 0.3) is 0 Å². The lowest BCUT2D eigenvalue weighted by Gasteiger charge is -2.32. The molecule has 2 aromatic rings. The first-order valence-corrected chi connectivity index (χ1v) is 9.17. The van der Waals surface area contributed by atoms with Crippen LogP contribution in [0.5, 0.6) is 5.75 Å². The molecule has 1 fully saturated rings. The molecule has 3 rings (SSSR count). The summed E-state index contributed by atoms with van der Waals surface area (Å²) in [6, 6.07) is 16.1. The molecule has 8 nitrogen and oxygen atoms in total. The Morgan fingerprint density at radius 3 is 2.38 bits per heavy atom. The van der Waals surface area contributed by atoms with Crippen LogP contribution >= 0.6 is 0 Å². The fourth-order valence-corrected chi connectivity index (χ4v) is 2.84. The SMILES string of the molecule is O=C1CC(=O)N(Cc2cccc(OCc3ccccc3)c2)C(=O)N1COCCO.